The minimum atomic E-state index is -0.865. The quantitative estimate of drug-likeness (QED) is 0.221. The summed E-state index contributed by atoms with van der Waals surface area (Å²) in [5.74, 6) is -1.83. The number of carbonyl (C=O) groups is 3. The van der Waals surface area contributed by atoms with Gasteiger partial charge in [0.25, 0.3) is 11.7 Å². The summed E-state index contributed by atoms with van der Waals surface area (Å²) in [6.45, 7) is 1.95. The lowest BCUT2D eigenvalue weighted by molar-refractivity contribution is -0.140. The van der Waals surface area contributed by atoms with Crippen LogP contribution in [0.5, 0.6) is 11.5 Å². The van der Waals surface area contributed by atoms with Gasteiger partial charge in [-0.25, -0.2) is 4.79 Å². The monoisotopic (exact) mass is 501 g/mol. The summed E-state index contributed by atoms with van der Waals surface area (Å²) in [6, 6.07) is 18.1. The molecule has 1 aliphatic heterocycles. The predicted octanol–water partition coefficient (Wildman–Crippen LogP) is 4.42. The molecule has 1 heterocycles. The first kappa shape index (κ1) is 25.5. The lowest BCUT2D eigenvalue weighted by atomic mass is 9.92. The number of aliphatic hydroxyl groups is 1. The number of methoxy groups -OCH3 is 3. The summed E-state index contributed by atoms with van der Waals surface area (Å²) in [4.78, 5) is 40.1. The number of benzene rings is 3. The van der Waals surface area contributed by atoms with E-state index in [0.717, 1.165) is 5.56 Å². The predicted molar refractivity (Wildman–Crippen MR) is 136 cm³/mol. The Bertz CT molecular complexity index is 1370. The normalized spacial score (nSPS) is 16.5. The highest BCUT2D eigenvalue weighted by atomic mass is 16.5. The van der Waals surface area contributed by atoms with E-state index in [9.17, 15) is 19.5 Å². The van der Waals surface area contributed by atoms with Gasteiger partial charge in [-0.2, -0.15) is 0 Å². The molecule has 8 nitrogen and oxygen atoms in total. The molecule has 0 bridgehead atoms. The SMILES string of the molecule is COC(=O)c1ccc(CN2C(=O)C(=O)/C(=C(/O)c3c(OC)cccc3OC)C2c2ccccc2C)cc1. The fourth-order valence-electron chi connectivity index (χ4n) is 4.54. The molecule has 4 rings (SSSR count). The number of hydrogen-bond donors (Lipinski definition) is 1. The standard InChI is InChI=1S/C29H27NO7/c1-17-8-5-6-9-20(17)25-24(26(31)23-21(35-2)10-7-11-22(23)36-3)27(32)28(33)30(25)16-18-12-14-19(15-13-18)29(34)37-4/h5-15,25,31H,16H2,1-4H3/b26-24+. The summed E-state index contributed by atoms with van der Waals surface area (Å²) < 4.78 is 15.6. The number of rotatable bonds is 7. The number of carbonyl (C=O) groups excluding carboxylic acids is 3. The summed E-state index contributed by atoms with van der Waals surface area (Å²) in [6.07, 6.45) is 0. The Morgan fingerprint density at radius 2 is 1.51 bits per heavy atom. The molecule has 37 heavy (non-hydrogen) atoms. The highest BCUT2D eigenvalue weighted by Gasteiger charge is 2.47. The third-order valence-electron chi connectivity index (χ3n) is 6.42. The Morgan fingerprint density at radius 1 is 0.892 bits per heavy atom. The van der Waals surface area contributed by atoms with E-state index < -0.39 is 23.7 Å². The molecule has 1 fully saturated rings. The summed E-state index contributed by atoms with van der Waals surface area (Å²) in [5.41, 5.74) is 2.73. The molecule has 0 saturated carbocycles. The maximum atomic E-state index is 13.4. The number of amides is 1. The number of likely N-dealkylation sites (tertiary alicyclic amines) is 1. The van der Waals surface area contributed by atoms with Gasteiger partial charge in [-0.1, -0.05) is 42.5 Å². The highest BCUT2D eigenvalue weighted by molar-refractivity contribution is 6.46. The summed E-state index contributed by atoms with van der Waals surface area (Å²) in [5, 5.41) is 11.5. The van der Waals surface area contributed by atoms with Crippen molar-refractivity contribution < 1.29 is 33.7 Å². The number of aryl methyl sites for hydroxylation is 1. The first-order valence-electron chi connectivity index (χ1n) is 11.5. The molecule has 1 saturated heterocycles. The van der Waals surface area contributed by atoms with Crippen LogP contribution in [0.25, 0.3) is 5.76 Å². The summed E-state index contributed by atoms with van der Waals surface area (Å²) in [7, 11) is 4.19. The molecular weight excluding hydrogens is 474 g/mol. The molecule has 1 amide bonds. The van der Waals surface area contributed by atoms with Gasteiger partial charge in [0.05, 0.1) is 38.5 Å². The van der Waals surface area contributed by atoms with Gasteiger partial charge in [-0.15, -0.1) is 0 Å². The number of ether oxygens (including phenoxy) is 3. The van der Waals surface area contributed by atoms with Gasteiger partial charge in [-0.3, -0.25) is 9.59 Å². The van der Waals surface area contributed by atoms with E-state index in [-0.39, 0.29) is 23.4 Å². The first-order chi connectivity index (χ1) is 17.8. The van der Waals surface area contributed by atoms with Crippen molar-refractivity contribution in [3.05, 3.63) is 100 Å². The maximum absolute atomic E-state index is 13.4. The Balaban J connectivity index is 1.88. The number of hydrogen-bond acceptors (Lipinski definition) is 7. The minimum Gasteiger partial charge on any atom is -0.506 e. The van der Waals surface area contributed by atoms with Crippen molar-refractivity contribution in [3.8, 4) is 11.5 Å². The topological polar surface area (TPSA) is 102 Å². The van der Waals surface area contributed by atoms with Crippen LogP contribution in [0.3, 0.4) is 0 Å². The van der Waals surface area contributed by atoms with Crippen molar-refractivity contribution in [1.29, 1.82) is 0 Å². The van der Waals surface area contributed by atoms with Gasteiger partial charge in [0, 0.05) is 6.54 Å². The van der Waals surface area contributed by atoms with Crippen LogP contribution in [0.1, 0.15) is 38.7 Å². The molecule has 1 aliphatic rings. The van der Waals surface area contributed by atoms with E-state index in [1.54, 1.807) is 42.5 Å². The number of aliphatic hydroxyl groups excluding tert-OH is 1. The van der Waals surface area contributed by atoms with Crippen LogP contribution in [0.15, 0.2) is 72.3 Å². The van der Waals surface area contributed by atoms with Crippen molar-refractivity contribution in [3.63, 3.8) is 0 Å². The molecule has 0 spiro atoms. The molecule has 3 aromatic carbocycles. The van der Waals surface area contributed by atoms with Crippen LogP contribution >= 0.6 is 0 Å². The van der Waals surface area contributed by atoms with Crippen molar-refractivity contribution in [2.45, 2.75) is 19.5 Å². The van der Waals surface area contributed by atoms with Crippen molar-refractivity contribution >= 4 is 23.4 Å². The zero-order valence-electron chi connectivity index (χ0n) is 21.0. The fraction of sp³-hybridized carbons (Fsp3) is 0.207. The second-order valence-electron chi connectivity index (χ2n) is 8.51. The number of nitrogens with zero attached hydrogens (tertiary/aromatic N) is 1. The van der Waals surface area contributed by atoms with Crippen LogP contribution in [0.2, 0.25) is 0 Å². The van der Waals surface area contributed by atoms with Crippen molar-refractivity contribution in [2.24, 2.45) is 0 Å². The van der Waals surface area contributed by atoms with E-state index in [1.807, 2.05) is 31.2 Å². The smallest absolute Gasteiger partial charge is 0.337 e. The fourth-order valence-corrected chi connectivity index (χ4v) is 4.54. The van der Waals surface area contributed by atoms with Gasteiger partial charge < -0.3 is 24.2 Å². The molecule has 0 aliphatic carbocycles. The van der Waals surface area contributed by atoms with Crippen LogP contribution in [0, 0.1) is 6.92 Å². The van der Waals surface area contributed by atoms with Gasteiger partial charge in [0.1, 0.15) is 22.8 Å². The molecule has 1 atom stereocenters. The van der Waals surface area contributed by atoms with Gasteiger partial charge in [-0.05, 0) is 47.9 Å². The molecule has 190 valence electrons. The molecule has 0 aromatic heterocycles. The lowest BCUT2D eigenvalue weighted by Crippen LogP contribution is -2.29. The zero-order valence-corrected chi connectivity index (χ0v) is 21.0. The maximum Gasteiger partial charge on any atom is 0.337 e. The molecule has 1 unspecified atom stereocenters. The second kappa shape index (κ2) is 10.6. The minimum absolute atomic E-state index is 0.0618. The van der Waals surface area contributed by atoms with E-state index in [4.69, 9.17) is 14.2 Å². The number of ketones is 1. The second-order valence-corrected chi connectivity index (χ2v) is 8.51. The number of Topliss-reactive ketones (excluding diaryl/α,β-unsaturated/α-hetero) is 1. The highest BCUT2D eigenvalue weighted by Crippen LogP contribution is 2.44. The Morgan fingerprint density at radius 3 is 2.08 bits per heavy atom. The first-order valence-corrected chi connectivity index (χ1v) is 11.5. The molecule has 8 heteroatoms. The molecule has 1 N–H and O–H groups in total. The van der Waals surface area contributed by atoms with E-state index in [1.165, 1.54) is 26.2 Å². The van der Waals surface area contributed by atoms with Crippen LogP contribution in [-0.2, 0) is 20.9 Å². The average molecular weight is 502 g/mol. The Labute approximate surface area is 214 Å². The van der Waals surface area contributed by atoms with Crippen molar-refractivity contribution in [2.75, 3.05) is 21.3 Å². The summed E-state index contributed by atoms with van der Waals surface area (Å²) >= 11 is 0. The Hall–Kier alpha value is -4.59. The van der Waals surface area contributed by atoms with Crippen LogP contribution in [0.4, 0.5) is 0 Å². The lowest BCUT2D eigenvalue weighted by Gasteiger charge is -2.27. The molecular formula is C29H27NO7. The average Bonchev–Trinajstić information content (AvgIpc) is 3.17. The van der Waals surface area contributed by atoms with Gasteiger partial charge in [0.2, 0.25) is 0 Å². The third kappa shape index (κ3) is 4.65. The largest absolute Gasteiger partial charge is 0.506 e. The van der Waals surface area contributed by atoms with Gasteiger partial charge >= 0.3 is 5.97 Å². The van der Waals surface area contributed by atoms with E-state index in [2.05, 4.69) is 0 Å². The van der Waals surface area contributed by atoms with E-state index in [0.29, 0.717) is 28.2 Å². The number of esters is 1. The van der Waals surface area contributed by atoms with Crippen LogP contribution < -0.4 is 9.47 Å². The zero-order chi connectivity index (χ0) is 26.7. The van der Waals surface area contributed by atoms with E-state index >= 15 is 0 Å². The van der Waals surface area contributed by atoms with Crippen molar-refractivity contribution in [1.82, 2.24) is 4.90 Å². The third-order valence-corrected chi connectivity index (χ3v) is 6.42. The molecule has 0 radical (unpaired) electrons. The Kier molecular flexibility index (Phi) is 7.29. The van der Waals surface area contributed by atoms with Crippen LogP contribution in [-0.4, -0.2) is 49.0 Å². The van der Waals surface area contributed by atoms with Gasteiger partial charge in [0.15, 0.2) is 0 Å². The molecule has 3 aromatic rings.